The molecule has 0 spiro atoms. The fourth-order valence-corrected chi connectivity index (χ4v) is 1.88. The first-order chi connectivity index (χ1) is 9.31. The minimum absolute atomic E-state index is 0.225. The molecule has 1 atom stereocenters. The summed E-state index contributed by atoms with van der Waals surface area (Å²) >= 11 is 0. The highest BCUT2D eigenvalue weighted by molar-refractivity contribution is 5.79. The molecule has 1 amide bonds. The lowest BCUT2D eigenvalue weighted by Gasteiger charge is -2.13. The van der Waals surface area contributed by atoms with Gasteiger partial charge in [0.15, 0.2) is 12.7 Å². The van der Waals surface area contributed by atoms with Crippen molar-refractivity contribution < 1.29 is 24.5 Å². The van der Waals surface area contributed by atoms with Crippen molar-refractivity contribution >= 4 is 11.9 Å². The van der Waals surface area contributed by atoms with Crippen molar-refractivity contribution in [3.63, 3.8) is 0 Å². The first-order valence-electron chi connectivity index (χ1n) is 6.19. The molecule has 0 aliphatic heterocycles. The fraction of sp³-hybridized carbons (Fsp3) is 0.429. The summed E-state index contributed by atoms with van der Waals surface area (Å²) in [5.41, 5.74) is 2.98. The van der Waals surface area contributed by atoms with E-state index < -0.39 is 18.0 Å². The Hall–Kier alpha value is -2.08. The van der Waals surface area contributed by atoms with E-state index in [0.29, 0.717) is 5.75 Å². The molecule has 1 aromatic rings. The van der Waals surface area contributed by atoms with Crippen LogP contribution in [0.15, 0.2) is 12.1 Å². The lowest BCUT2D eigenvalue weighted by atomic mass is 10.1. The van der Waals surface area contributed by atoms with Crippen molar-refractivity contribution in [3.8, 4) is 5.75 Å². The summed E-state index contributed by atoms with van der Waals surface area (Å²) in [6.45, 7) is 5.19. The molecule has 0 bridgehead atoms. The molecule has 20 heavy (non-hydrogen) atoms. The number of aliphatic hydroxyl groups is 1. The van der Waals surface area contributed by atoms with Gasteiger partial charge in [-0.2, -0.15) is 0 Å². The van der Waals surface area contributed by atoms with Gasteiger partial charge in [0.05, 0.1) is 6.54 Å². The van der Waals surface area contributed by atoms with Gasteiger partial charge >= 0.3 is 5.97 Å². The number of aliphatic hydroxyl groups excluding tert-OH is 1. The Labute approximate surface area is 117 Å². The van der Waals surface area contributed by atoms with E-state index in [1.165, 1.54) is 0 Å². The monoisotopic (exact) mass is 281 g/mol. The van der Waals surface area contributed by atoms with E-state index in [9.17, 15) is 9.59 Å². The van der Waals surface area contributed by atoms with Crippen molar-refractivity contribution in [1.29, 1.82) is 0 Å². The van der Waals surface area contributed by atoms with E-state index in [0.717, 1.165) is 16.7 Å². The smallest absolute Gasteiger partial charge is 0.334 e. The minimum atomic E-state index is -1.61. The molecule has 0 saturated carbocycles. The summed E-state index contributed by atoms with van der Waals surface area (Å²) in [4.78, 5) is 21.9. The summed E-state index contributed by atoms with van der Waals surface area (Å²) in [5.74, 6) is -1.22. The maximum atomic E-state index is 11.5. The van der Waals surface area contributed by atoms with Crippen LogP contribution < -0.4 is 10.1 Å². The number of nitrogens with one attached hydrogen (secondary N) is 1. The lowest BCUT2D eigenvalue weighted by molar-refractivity contribution is -0.146. The molecule has 0 aliphatic rings. The van der Waals surface area contributed by atoms with Crippen molar-refractivity contribution in [2.24, 2.45) is 0 Å². The van der Waals surface area contributed by atoms with Crippen LogP contribution in [0.5, 0.6) is 5.75 Å². The molecule has 3 N–H and O–H groups in total. The van der Waals surface area contributed by atoms with E-state index in [1.54, 1.807) is 0 Å². The van der Waals surface area contributed by atoms with Gasteiger partial charge in [0, 0.05) is 0 Å². The average molecular weight is 281 g/mol. The highest BCUT2D eigenvalue weighted by Gasteiger charge is 2.14. The van der Waals surface area contributed by atoms with Crippen LogP contribution in [-0.4, -0.2) is 41.3 Å². The van der Waals surface area contributed by atoms with Gasteiger partial charge in [-0.1, -0.05) is 17.7 Å². The van der Waals surface area contributed by atoms with Crippen LogP contribution in [-0.2, 0) is 9.59 Å². The molecule has 110 valence electrons. The molecular formula is C14H19NO5. The average Bonchev–Trinajstić information content (AvgIpc) is 2.34. The summed E-state index contributed by atoms with van der Waals surface area (Å²) in [7, 11) is 0. The van der Waals surface area contributed by atoms with E-state index in [4.69, 9.17) is 14.9 Å². The maximum Gasteiger partial charge on any atom is 0.334 e. The van der Waals surface area contributed by atoms with Gasteiger partial charge in [-0.05, 0) is 31.9 Å². The number of hydrogen-bond acceptors (Lipinski definition) is 4. The first kappa shape index (κ1) is 16.0. The number of carboxylic acid groups (broad SMARTS) is 1. The number of carbonyl (C=O) groups excluding carboxylic acids is 1. The molecule has 0 heterocycles. The first-order valence-corrected chi connectivity index (χ1v) is 6.19. The Morgan fingerprint density at radius 2 is 1.80 bits per heavy atom. The summed E-state index contributed by atoms with van der Waals surface area (Å²) in [6.07, 6.45) is -1.61. The number of benzene rings is 1. The third-order valence-electron chi connectivity index (χ3n) is 2.73. The minimum Gasteiger partial charge on any atom is -0.483 e. The highest BCUT2D eigenvalue weighted by atomic mass is 16.5. The highest BCUT2D eigenvalue weighted by Crippen LogP contribution is 2.24. The lowest BCUT2D eigenvalue weighted by Crippen LogP contribution is -2.38. The van der Waals surface area contributed by atoms with E-state index >= 15 is 0 Å². The Morgan fingerprint density at radius 1 is 1.25 bits per heavy atom. The van der Waals surface area contributed by atoms with Crippen LogP contribution in [0.2, 0.25) is 0 Å². The molecule has 1 aromatic carbocycles. The van der Waals surface area contributed by atoms with Crippen molar-refractivity contribution in [3.05, 3.63) is 28.8 Å². The zero-order valence-electron chi connectivity index (χ0n) is 11.8. The number of hydrogen-bond donors (Lipinski definition) is 3. The van der Waals surface area contributed by atoms with Crippen molar-refractivity contribution in [1.82, 2.24) is 5.32 Å². The molecule has 1 unspecified atom stereocenters. The van der Waals surface area contributed by atoms with E-state index in [2.05, 4.69) is 5.32 Å². The molecule has 6 nitrogen and oxygen atoms in total. The van der Waals surface area contributed by atoms with E-state index in [-0.39, 0.29) is 13.2 Å². The van der Waals surface area contributed by atoms with E-state index in [1.807, 2.05) is 32.9 Å². The fourth-order valence-electron chi connectivity index (χ4n) is 1.88. The number of aryl methyl sites for hydroxylation is 3. The second-order valence-corrected chi connectivity index (χ2v) is 4.67. The largest absolute Gasteiger partial charge is 0.483 e. The van der Waals surface area contributed by atoms with Gasteiger partial charge in [0.1, 0.15) is 5.75 Å². The van der Waals surface area contributed by atoms with Crippen LogP contribution in [0.3, 0.4) is 0 Å². The molecule has 6 heteroatoms. The predicted octanol–water partition coefficient (Wildman–Crippen LogP) is 0.552. The van der Waals surface area contributed by atoms with Gasteiger partial charge < -0.3 is 20.3 Å². The third kappa shape index (κ3) is 4.55. The Bertz CT molecular complexity index is 489. The van der Waals surface area contributed by atoms with Gasteiger partial charge in [0.25, 0.3) is 5.91 Å². The van der Waals surface area contributed by atoms with Gasteiger partial charge in [0.2, 0.25) is 0 Å². The van der Waals surface area contributed by atoms with Crippen LogP contribution in [0.25, 0.3) is 0 Å². The van der Waals surface area contributed by atoms with Crippen molar-refractivity contribution in [2.45, 2.75) is 26.9 Å². The number of carbonyl (C=O) groups is 2. The predicted molar refractivity (Wildman–Crippen MR) is 72.8 cm³/mol. The molecule has 0 aliphatic carbocycles. The van der Waals surface area contributed by atoms with Gasteiger partial charge in [-0.25, -0.2) is 4.79 Å². The summed E-state index contributed by atoms with van der Waals surface area (Å²) < 4.78 is 5.44. The standard InChI is InChI=1S/C14H19NO5/c1-8-4-9(2)13(10(3)5-8)20-7-12(17)15-6-11(16)14(18)19/h4-5,11,16H,6-7H2,1-3H3,(H,15,17)(H,18,19). The second-order valence-electron chi connectivity index (χ2n) is 4.67. The number of amides is 1. The van der Waals surface area contributed by atoms with Crippen LogP contribution in [0.1, 0.15) is 16.7 Å². The summed E-state index contributed by atoms with van der Waals surface area (Å²) in [6, 6.07) is 3.91. The van der Waals surface area contributed by atoms with Crippen LogP contribution in [0, 0.1) is 20.8 Å². The number of ether oxygens (including phenoxy) is 1. The molecule has 0 fully saturated rings. The Morgan fingerprint density at radius 3 is 2.30 bits per heavy atom. The Kier molecular flexibility index (Phi) is 5.52. The van der Waals surface area contributed by atoms with Crippen molar-refractivity contribution in [2.75, 3.05) is 13.2 Å². The van der Waals surface area contributed by atoms with Crippen LogP contribution in [0.4, 0.5) is 0 Å². The molecule has 1 rings (SSSR count). The number of carboxylic acids is 1. The molecule has 0 aromatic heterocycles. The second kappa shape index (κ2) is 6.91. The molecule has 0 saturated heterocycles. The van der Waals surface area contributed by atoms with Gasteiger partial charge in [-0.3, -0.25) is 4.79 Å². The topological polar surface area (TPSA) is 95.9 Å². The van der Waals surface area contributed by atoms with Crippen LogP contribution >= 0.6 is 0 Å². The molecule has 0 radical (unpaired) electrons. The van der Waals surface area contributed by atoms with Gasteiger partial charge in [-0.15, -0.1) is 0 Å². The zero-order chi connectivity index (χ0) is 15.3. The SMILES string of the molecule is Cc1cc(C)c(OCC(=O)NCC(O)C(=O)O)c(C)c1. The number of aliphatic carboxylic acids is 1. The third-order valence-corrected chi connectivity index (χ3v) is 2.73. The maximum absolute atomic E-state index is 11.5. The Balaban J connectivity index is 2.51. The summed E-state index contributed by atoms with van der Waals surface area (Å²) in [5, 5.41) is 19.8. The zero-order valence-corrected chi connectivity index (χ0v) is 11.8. The molecular weight excluding hydrogens is 262 g/mol. The quantitative estimate of drug-likeness (QED) is 0.708. The normalized spacial score (nSPS) is 11.8. The number of rotatable bonds is 6.